The van der Waals surface area contributed by atoms with E-state index in [9.17, 15) is 0 Å². The monoisotopic (exact) mass is 203 g/mol. The third-order valence-electron chi connectivity index (χ3n) is 2.13. The molecule has 2 aromatic rings. The molecule has 2 aromatic heterocycles. The Kier molecular flexibility index (Phi) is 2.73. The Bertz CT molecular complexity index is 434. The van der Waals surface area contributed by atoms with E-state index < -0.39 is 0 Å². The lowest BCUT2D eigenvalue weighted by atomic mass is 10.2. The summed E-state index contributed by atoms with van der Waals surface area (Å²) in [5.41, 5.74) is 0.989. The van der Waals surface area contributed by atoms with Crippen LogP contribution < -0.4 is 5.32 Å². The second kappa shape index (κ2) is 4.18. The fourth-order valence-corrected chi connectivity index (χ4v) is 1.35. The fraction of sp³-hybridized carbons (Fsp3) is 0.300. The molecule has 5 nitrogen and oxygen atoms in total. The molecule has 2 rings (SSSR count). The number of nitrogens with zero attached hydrogens (tertiary/aromatic N) is 4. The molecule has 0 aliphatic rings. The van der Waals surface area contributed by atoms with Crippen molar-refractivity contribution in [3.8, 4) is 11.4 Å². The minimum absolute atomic E-state index is 0.717. The van der Waals surface area contributed by atoms with E-state index in [4.69, 9.17) is 0 Å². The molecule has 0 aliphatic carbocycles. The molecule has 0 atom stereocenters. The van der Waals surface area contributed by atoms with E-state index in [1.807, 2.05) is 26.2 Å². The molecule has 0 fully saturated rings. The zero-order valence-electron chi connectivity index (χ0n) is 8.81. The summed E-state index contributed by atoms with van der Waals surface area (Å²) in [6.07, 6.45) is 3.48. The van der Waals surface area contributed by atoms with Gasteiger partial charge in [-0.3, -0.25) is 9.67 Å². The zero-order chi connectivity index (χ0) is 10.7. The van der Waals surface area contributed by atoms with Crippen LogP contribution in [-0.2, 0) is 13.6 Å². The van der Waals surface area contributed by atoms with Gasteiger partial charge in [0.1, 0.15) is 5.82 Å². The number of hydrogen-bond acceptors (Lipinski definition) is 4. The van der Waals surface area contributed by atoms with Gasteiger partial charge in [-0.15, -0.1) is 0 Å². The van der Waals surface area contributed by atoms with E-state index in [0.717, 1.165) is 17.2 Å². The molecule has 2 heterocycles. The second-order valence-electron chi connectivity index (χ2n) is 3.24. The molecule has 0 spiro atoms. The molecule has 78 valence electrons. The first-order valence-corrected chi connectivity index (χ1v) is 4.76. The van der Waals surface area contributed by atoms with Crippen molar-refractivity contribution in [3.63, 3.8) is 0 Å². The average molecular weight is 203 g/mol. The lowest BCUT2D eigenvalue weighted by Gasteiger charge is -1.95. The summed E-state index contributed by atoms with van der Waals surface area (Å²) in [6, 6.07) is 3.80. The van der Waals surface area contributed by atoms with Gasteiger partial charge in [0, 0.05) is 25.0 Å². The van der Waals surface area contributed by atoms with Gasteiger partial charge in [0.15, 0.2) is 5.82 Å². The standard InChI is InChI=1S/C10H13N5/c1-11-7-9-13-10(14-15(9)2)8-3-5-12-6-4-8/h3-6,11H,7H2,1-2H3. The maximum absolute atomic E-state index is 4.43. The number of nitrogens with one attached hydrogen (secondary N) is 1. The smallest absolute Gasteiger partial charge is 0.181 e. The largest absolute Gasteiger partial charge is 0.313 e. The topological polar surface area (TPSA) is 55.6 Å². The first-order chi connectivity index (χ1) is 7.31. The van der Waals surface area contributed by atoms with Crippen LogP contribution in [0.1, 0.15) is 5.82 Å². The molecule has 5 heteroatoms. The Morgan fingerprint density at radius 3 is 2.73 bits per heavy atom. The summed E-state index contributed by atoms with van der Waals surface area (Å²) in [6.45, 7) is 0.717. The average Bonchev–Trinajstić information content (AvgIpc) is 2.63. The van der Waals surface area contributed by atoms with Crippen molar-refractivity contribution in [2.24, 2.45) is 7.05 Å². The zero-order valence-corrected chi connectivity index (χ0v) is 8.81. The summed E-state index contributed by atoms with van der Waals surface area (Å²) in [7, 11) is 3.78. The molecule has 0 saturated carbocycles. The van der Waals surface area contributed by atoms with Crippen LogP contribution in [0.3, 0.4) is 0 Å². The number of aromatic nitrogens is 4. The first-order valence-electron chi connectivity index (χ1n) is 4.76. The van der Waals surface area contributed by atoms with Crippen molar-refractivity contribution in [3.05, 3.63) is 30.4 Å². The minimum atomic E-state index is 0.717. The number of rotatable bonds is 3. The summed E-state index contributed by atoms with van der Waals surface area (Å²) in [5.74, 6) is 1.66. The number of aryl methyl sites for hydroxylation is 1. The van der Waals surface area contributed by atoms with E-state index in [1.165, 1.54) is 0 Å². The molecule has 0 aliphatic heterocycles. The predicted octanol–water partition coefficient (Wildman–Crippen LogP) is 0.596. The van der Waals surface area contributed by atoms with E-state index in [-0.39, 0.29) is 0 Å². The van der Waals surface area contributed by atoms with Crippen LogP contribution in [-0.4, -0.2) is 26.8 Å². The van der Waals surface area contributed by atoms with Gasteiger partial charge in [-0.1, -0.05) is 0 Å². The third kappa shape index (κ3) is 2.02. The molecular weight excluding hydrogens is 190 g/mol. The van der Waals surface area contributed by atoms with Crippen LogP contribution in [0.4, 0.5) is 0 Å². The molecular formula is C10H13N5. The Morgan fingerprint density at radius 2 is 2.07 bits per heavy atom. The predicted molar refractivity (Wildman–Crippen MR) is 57.0 cm³/mol. The quantitative estimate of drug-likeness (QED) is 0.793. The van der Waals surface area contributed by atoms with Crippen LogP contribution >= 0.6 is 0 Å². The maximum atomic E-state index is 4.43. The van der Waals surface area contributed by atoms with Crippen LogP contribution in [0.25, 0.3) is 11.4 Å². The SMILES string of the molecule is CNCc1nc(-c2ccncc2)nn1C. The van der Waals surface area contributed by atoms with E-state index in [1.54, 1.807) is 17.1 Å². The molecule has 0 aromatic carbocycles. The van der Waals surface area contributed by atoms with Crippen LogP contribution in [0, 0.1) is 0 Å². The van der Waals surface area contributed by atoms with Crippen molar-refractivity contribution in [2.75, 3.05) is 7.05 Å². The third-order valence-corrected chi connectivity index (χ3v) is 2.13. The molecule has 15 heavy (non-hydrogen) atoms. The fourth-order valence-electron chi connectivity index (χ4n) is 1.35. The Labute approximate surface area is 88.2 Å². The summed E-state index contributed by atoms with van der Waals surface area (Å²) in [4.78, 5) is 8.39. The first kappa shape index (κ1) is 9.79. The van der Waals surface area contributed by atoms with E-state index in [0.29, 0.717) is 6.54 Å². The highest BCUT2D eigenvalue weighted by Gasteiger charge is 2.07. The number of hydrogen-bond donors (Lipinski definition) is 1. The molecule has 0 bridgehead atoms. The van der Waals surface area contributed by atoms with Gasteiger partial charge >= 0.3 is 0 Å². The molecule has 0 saturated heterocycles. The Morgan fingerprint density at radius 1 is 1.33 bits per heavy atom. The normalized spacial score (nSPS) is 10.5. The summed E-state index contributed by atoms with van der Waals surface area (Å²) >= 11 is 0. The number of pyridine rings is 1. The summed E-state index contributed by atoms with van der Waals surface area (Å²) in [5, 5.41) is 7.39. The van der Waals surface area contributed by atoms with Gasteiger partial charge in [0.2, 0.25) is 0 Å². The van der Waals surface area contributed by atoms with Crippen LogP contribution in [0.15, 0.2) is 24.5 Å². The Hall–Kier alpha value is -1.75. The molecule has 0 amide bonds. The van der Waals surface area contributed by atoms with Crippen LogP contribution in [0.5, 0.6) is 0 Å². The minimum Gasteiger partial charge on any atom is -0.313 e. The summed E-state index contributed by atoms with van der Waals surface area (Å²) < 4.78 is 1.78. The van der Waals surface area contributed by atoms with Crippen molar-refractivity contribution >= 4 is 0 Å². The lowest BCUT2D eigenvalue weighted by molar-refractivity contribution is 0.660. The van der Waals surface area contributed by atoms with Gasteiger partial charge in [-0.2, -0.15) is 5.10 Å². The van der Waals surface area contributed by atoms with E-state index in [2.05, 4.69) is 20.4 Å². The molecule has 0 radical (unpaired) electrons. The van der Waals surface area contributed by atoms with Gasteiger partial charge in [0.05, 0.1) is 6.54 Å². The highest BCUT2D eigenvalue weighted by Crippen LogP contribution is 2.13. The molecule has 0 unspecified atom stereocenters. The van der Waals surface area contributed by atoms with Crippen molar-refractivity contribution in [2.45, 2.75) is 6.54 Å². The van der Waals surface area contributed by atoms with Crippen molar-refractivity contribution < 1.29 is 0 Å². The van der Waals surface area contributed by atoms with E-state index >= 15 is 0 Å². The maximum Gasteiger partial charge on any atom is 0.181 e. The van der Waals surface area contributed by atoms with Gasteiger partial charge in [-0.25, -0.2) is 4.98 Å². The van der Waals surface area contributed by atoms with Gasteiger partial charge in [0.25, 0.3) is 0 Å². The molecule has 1 N–H and O–H groups in total. The van der Waals surface area contributed by atoms with Gasteiger partial charge in [-0.05, 0) is 19.2 Å². The second-order valence-corrected chi connectivity index (χ2v) is 3.24. The van der Waals surface area contributed by atoms with Crippen molar-refractivity contribution in [1.29, 1.82) is 0 Å². The highest BCUT2D eigenvalue weighted by atomic mass is 15.3. The Balaban J connectivity index is 2.34. The van der Waals surface area contributed by atoms with Gasteiger partial charge < -0.3 is 5.32 Å². The lowest BCUT2D eigenvalue weighted by Crippen LogP contribution is -2.10. The highest BCUT2D eigenvalue weighted by molar-refractivity contribution is 5.53. The van der Waals surface area contributed by atoms with Crippen LogP contribution in [0.2, 0.25) is 0 Å². The van der Waals surface area contributed by atoms with Crippen molar-refractivity contribution in [1.82, 2.24) is 25.1 Å².